The van der Waals surface area contributed by atoms with E-state index in [9.17, 15) is 9.59 Å². The Bertz CT molecular complexity index is 1190. The zero-order valence-corrected chi connectivity index (χ0v) is 16.5. The molecule has 3 aromatic heterocycles. The van der Waals surface area contributed by atoms with Gasteiger partial charge in [-0.3, -0.25) is 9.78 Å². The van der Waals surface area contributed by atoms with Crippen molar-refractivity contribution in [2.75, 3.05) is 18.1 Å². The van der Waals surface area contributed by atoms with Crippen LogP contribution in [0.4, 0.5) is 5.82 Å². The maximum absolute atomic E-state index is 12.8. The van der Waals surface area contributed by atoms with E-state index >= 15 is 0 Å². The van der Waals surface area contributed by atoms with E-state index < -0.39 is 5.66 Å². The van der Waals surface area contributed by atoms with Crippen LogP contribution < -0.4 is 20.6 Å². The highest BCUT2D eigenvalue weighted by Gasteiger charge is 2.38. The van der Waals surface area contributed by atoms with Crippen molar-refractivity contribution in [3.8, 4) is 11.6 Å². The molecule has 2 aliphatic rings. The van der Waals surface area contributed by atoms with Crippen molar-refractivity contribution in [1.82, 2.24) is 24.8 Å². The molecule has 1 amide bonds. The number of ether oxygens (including phenoxy) is 1. The largest absolute Gasteiger partial charge is 0.491 e. The van der Waals surface area contributed by atoms with Gasteiger partial charge < -0.3 is 15.0 Å². The summed E-state index contributed by atoms with van der Waals surface area (Å²) in [6.07, 6.45) is 2.47. The predicted octanol–water partition coefficient (Wildman–Crippen LogP) is 1.81. The Balaban J connectivity index is 1.82. The summed E-state index contributed by atoms with van der Waals surface area (Å²) in [5, 5.41) is 3.04. The number of imidazole rings is 1. The molecule has 3 aromatic rings. The van der Waals surface area contributed by atoms with Crippen LogP contribution in [0.25, 0.3) is 17.0 Å². The van der Waals surface area contributed by atoms with E-state index in [1.807, 2.05) is 13.8 Å². The number of amides is 1. The monoisotopic (exact) mass is 394 g/mol. The van der Waals surface area contributed by atoms with Gasteiger partial charge in [0.15, 0.2) is 5.65 Å². The van der Waals surface area contributed by atoms with E-state index in [-0.39, 0.29) is 17.5 Å². The molecule has 0 aromatic carbocycles. The summed E-state index contributed by atoms with van der Waals surface area (Å²) in [6.45, 7) is 7.23. The van der Waals surface area contributed by atoms with E-state index in [1.165, 1.54) is 4.57 Å². The molecule has 0 fully saturated rings. The van der Waals surface area contributed by atoms with Crippen molar-refractivity contribution in [2.24, 2.45) is 5.92 Å². The SMILES string of the molecule is CC1CCN2c3nc(ccc3C(=O)NC2(C)C)-n2c(=O)[nH]c3nccc(c32)OC1. The summed E-state index contributed by atoms with van der Waals surface area (Å²) in [5.74, 6) is 1.67. The molecule has 1 atom stereocenters. The van der Waals surface area contributed by atoms with Gasteiger partial charge in [0.25, 0.3) is 5.91 Å². The van der Waals surface area contributed by atoms with Gasteiger partial charge in [-0.2, -0.15) is 0 Å². The molecule has 150 valence electrons. The van der Waals surface area contributed by atoms with E-state index in [0.717, 1.165) is 6.42 Å². The van der Waals surface area contributed by atoms with Crippen molar-refractivity contribution in [3.63, 3.8) is 0 Å². The highest BCUT2D eigenvalue weighted by atomic mass is 16.5. The van der Waals surface area contributed by atoms with Crippen LogP contribution in [0.5, 0.6) is 5.75 Å². The van der Waals surface area contributed by atoms with Gasteiger partial charge in [-0.15, -0.1) is 0 Å². The fraction of sp³-hybridized carbons (Fsp3) is 0.400. The zero-order valence-electron chi connectivity index (χ0n) is 16.5. The number of pyridine rings is 2. The topological polar surface area (TPSA) is 105 Å². The minimum Gasteiger partial charge on any atom is -0.491 e. The number of hydrogen-bond acceptors (Lipinski definition) is 6. The minimum atomic E-state index is -0.599. The summed E-state index contributed by atoms with van der Waals surface area (Å²) in [6, 6.07) is 5.15. The lowest BCUT2D eigenvalue weighted by molar-refractivity contribution is 0.0895. The number of anilines is 1. The van der Waals surface area contributed by atoms with Crippen molar-refractivity contribution in [3.05, 3.63) is 40.4 Å². The van der Waals surface area contributed by atoms with Crippen molar-refractivity contribution < 1.29 is 9.53 Å². The summed E-state index contributed by atoms with van der Waals surface area (Å²) < 4.78 is 7.53. The van der Waals surface area contributed by atoms with Crippen LogP contribution in [0.2, 0.25) is 0 Å². The van der Waals surface area contributed by atoms with Gasteiger partial charge in [0.2, 0.25) is 0 Å². The lowest BCUT2D eigenvalue weighted by Gasteiger charge is -2.44. The fourth-order valence-electron chi connectivity index (χ4n) is 4.01. The molecule has 0 saturated carbocycles. The first-order valence-corrected chi connectivity index (χ1v) is 9.69. The van der Waals surface area contributed by atoms with E-state index in [4.69, 9.17) is 9.72 Å². The summed E-state index contributed by atoms with van der Waals surface area (Å²) >= 11 is 0. The van der Waals surface area contributed by atoms with Crippen LogP contribution in [0.15, 0.2) is 29.2 Å². The second kappa shape index (κ2) is 6.07. The number of aromatic nitrogens is 4. The second-order valence-corrected chi connectivity index (χ2v) is 8.18. The number of carbonyl (C=O) groups excluding carboxylic acids is 1. The minimum absolute atomic E-state index is 0.169. The van der Waals surface area contributed by atoms with Crippen LogP contribution in [-0.2, 0) is 0 Å². The molecule has 0 radical (unpaired) electrons. The highest BCUT2D eigenvalue weighted by Crippen LogP contribution is 2.33. The van der Waals surface area contributed by atoms with Gasteiger partial charge in [-0.25, -0.2) is 19.3 Å². The van der Waals surface area contributed by atoms with Crippen LogP contribution in [-0.4, -0.2) is 44.2 Å². The number of hydrogen-bond donors (Lipinski definition) is 2. The third-order valence-electron chi connectivity index (χ3n) is 5.59. The lowest BCUT2D eigenvalue weighted by atomic mass is 10.0. The Morgan fingerprint density at radius 1 is 1.24 bits per heavy atom. The Morgan fingerprint density at radius 2 is 2.07 bits per heavy atom. The molecule has 0 aliphatic carbocycles. The first kappa shape index (κ1) is 17.7. The normalized spacial score (nSPS) is 20.4. The first-order chi connectivity index (χ1) is 13.8. The van der Waals surface area contributed by atoms with Gasteiger partial charge in [0.1, 0.15) is 28.6 Å². The smallest absolute Gasteiger partial charge is 0.333 e. The van der Waals surface area contributed by atoms with Crippen LogP contribution in [0, 0.1) is 5.92 Å². The maximum Gasteiger partial charge on any atom is 0.333 e. The third-order valence-corrected chi connectivity index (χ3v) is 5.59. The van der Waals surface area contributed by atoms with Gasteiger partial charge in [0.05, 0.1) is 12.2 Å². The van der Waals surface area contributed by atoms with Gasteiger partial charge in [0, 0.05) is 18.8 Å². The molecule has 5 rings (SSSR count). The molecule has 9 heteroatoms. The van der Waals surface area contributed by atoms with Gasteiger partial charge >= 0.3 is 5.69 Å². The molecule has 2 bridgehead atoms. The zero-order chi connectivity index (χ0) is 20.3. The Morgan fingerprint density at radius 3 is 2.90 bits per heavy atom. The number of aromatic amines is 1. The Hall–Kier alpha value is -3.36. The molecule has 0 spiro atoms. The average molecular weight is 394 g/mol. The number of nitrogens with one attached hydrogen (secondary N) is 2. The third kappa shape index (κ3) is 2.68. The molecular weight excluding hydrogens is 372 g/mol. The van der Waals surface area contributed by atoms with Crippen LogP contribution in [0.1, 0.15) is 37.6 Å². The van der Waals surface area contributed by atoms with E-state index in [2.05, 4.69) is 27.1 Å². The Labute approximate surface area is 166 Å². The summed E-state index contributed by atoms with van der Waals surface area (Å²) in [7, 11) is 0. The quantitative estimate of drug-likeness (QED) is 0.603. The predicted molar refractivity (Wildman–Crippen MR) is 108 cm³/mol. The van der Waals surface area contributed by atoms with Gasteiger partial charge in [-0.1, -0.05) is 6.92 Å². The molecule has 29 heavy (non-hydrogen) atoms. The van der Waals surface area contributed by atoms with Gasteiger partial charge in [-0.05, 0) is 38.3 Å². The number of carbonyl (C=O) groups is 1. The van der Waals surface area contributed by atoms with E-state index in [0.29, 0.717) is 47.3 Å². The number of fused-ring (bicyclic) bond motifs is 2. The molecule has 2 aliphatic heterocycles. The van der Waals surface area contributed by atoms with Crippen LogP contribution in [0.3, 0.4) is 0 Å². The number of rotatable bonds is 0. The molecule has 5 heterocycles. The average Bonchev–Trinajstić information content (AvgIpc) is 3.00. The molecule has 0 saturated heterocycles. The first-order valence-electron chi connectivity index (χ1n) is 9.69. The molecular formula is C20H22N6O3. The molecule has 1 unspecified atom stereocenters. The second-order valence-electron chi connectivity index (χ2n) is 8.18. The highest BCUT2D eigenvalue weighted by molar-refractivity contribution is 6.01. The van der Waals surface area contributed by atoms with Crippen molar-refractivity contribution in [1.29, 1.82) is 0 Å². The maximum atomic E-state index is 12.8. The molecule has 9 nitrogen and oxygen atoms in total. The summed E-state index contributed by atoms with van der Waals surface area (Å²) in [4.78, 5) is 39.3. The van der Waals surface area contributed by atoms with Crippen molar-refractivity contribution >= 4 is 22.9 Å². The number of nitrogens with zero attached hydrogens (tertiary/aromatic N) is 4. The summed E-state index contributed by atoms with van der Waals surface area (Å²) in [5.41, 5.74) is 0.529. The Kier molecular flexibility index (Phi) is 3.71. The van der Waals surface area contributed by atoms with Crippen molar-refractivity contribution in [2.45, 2.75) is 32.9 Å². The lowest BCUT2D eigenvalue weighted by Crippen LogP contribution is -2.61. The standard InChI is InChI=1S/C20H22N6O3/c1-11-7-9-25-17-12(18(27)24-20(25,2)3)4-5-14(22-17)26-15-13(29-10-11)6-8-21-16(15)23-19(26)28/h4-6,8,11H,7,9-10H2,1-3H3,(H,24,27)(H,21,23,28). The fourth-order valence-corrected chi connectivity index (χ4v) is 4.01. The van der Waals surface area contributed by atoms with E-state index in [1.54, 1.807) is 24.4 Å². The molecule has 2 N–H and O–H groups in total. The number of H-pyrrole nitrogens is 1. The van der Waals surface area contributed by atoms with Crippen LogP contribution >= 0.6 is 0 Å².